The molecule has 1 heterocycles. The van der Waals surface area contributed by atoms with Crippen LogP contribution >= 0.6 is 15.9 Å². The Hall–Kier alpha value is -2.58. The molecule has 2 rings (SSSR count). The number of amides is 2. The molecule has 24 heavy (non-hydrogen) atoms. The molecular weight excluding hydrogens is 376 g/mol. The van der Waals surface area contributed by atoms with E-state index < -0.39 is 11.8 Å². The minimum absolute atomic E-state index is 0.214. The van der Waals surface area contributed by atoms with Crippen molar-refractivity contribution in [2.45, 2.75) is 0 Å². The summed E-state index contributed by atoms with van der Waals surface area (Å²) in [5, 5.41) is 0. The van der Waals surface area contributed by atoms with Gasteiger partial charge in [0, 0.05) is 16.2 Å². The second kappa shape index (κ2) is 7.80. The normalized spacial score (nSPS) is 10.2. The highest BCUT2D eigenvalue weighted by atomic mass is 79.9. The van der Waals surface area contributed by atoms with Gasteiger partial charge in [0.2, 0.25) is 17.6 Å². The van der Waals surface area contributed by atoms with Crippen molar-refractivity contribution in [2.75, 3.05) is 18.0 Å². The summed E-state index contributed by atoms with van der Waals surface area (Å²) in [7, 11) is 0. The van der Waals surface area contributed by atoms with Crippen LogP contribution in [0.4, 0.5) is 5.69 Å². The van der Waals surface area contributed by atoms with Gasteiger partial charge in [-0.2, -0.15) is 0 Å². The molecule has 124 valence electrons. The number of rotatable bonds is 6. The maximum atomic E-state index is 12.8. The first-order valence-corrected chi connectivity index (χ1v) is 7.77. The number of hydrogen-bond donors (Lipinski definition) is 2. The van der Waals surface area contributed by atoms with Crippen LogP contribution in [-0.2, 0) is 9.59 Å². The highest BCUT2D eigenvalue weighted by Gasteiger charge is 2.24. The topological polar surface area (TPSA) is 119 Å². The molecule has 0 spiro atoms. The van der Waals surface area contributed by atoms with Crippen molar-refractivity contribution in [3.8, 4) is 0 Å². The molecule has 2 aromatic rings. The minimum Gasteiger partial charge on any atom is -0.368 e. The van der Waals surface area contributed by atoms with Crippen LogP contribution in [0.5, 0.6) is 0 Å². The van der Waals surface area contributed by atoms with Gasteiger partial charge in [-0.05, 0) is 30.3 Å². The van der Waals surface area contributed by atoms with Gasteiger partial charge < -0.3 is 16.4 Å². The number of benzene rings is 1. The Morgan fingerprint density at radius 3 is 2.50 bits per heavy atom. The average Bonchev–Trinajstić information content (AvgIpc) is 2.59. The average molecular weight is 391 g/mol. The molecule has 0 aliphatic carbocycles. The van der Waals surface area contributed by atoms with E-state index in [9.17, 15) is 14.4 Å². The monoisotopic (exact) mass is 390 g/mol. The predicted molar refractivity (Wildman–Crippen MR) is 92.4 cm³/mol. The highest BCUT2D eigenvalue weighted by Crippen LogP contribution is 2.27. The molecule has 0 bridgehead atoms. The van der Waals surface area contributed by atoms with Crippen LogP contribution in [0.25, 0.3) is 0 Å². The lowest BCUT2D eigenvalue weighted by atomic mass is 10.0. The molecule has 8 heteroatoms. The molecule has 0 aliphatic rings. The van der Waals surface area contributed by atoms with Gasteiger partial charge in [0.1, 0.15) is 12.2 Å². The maximum Gasteiger partial charge on any atom is 0.241 e. The second-order valence-electron chi connectivity index (χ2n) is 4.86. The lowest BCUT2D eigenvalue weighted by molar-refractivity contribution is -0.121. The Labute approximate surface area is 146 Å². The Morgan fingerprint density at radius 2 is 1.92 bits per heavy atom. The number of carbonyl (C=O) groups excluding carboxylic acids is 3. The molecule has 7 nitrogen and oxygen atoms in total. The molecule has 2 amide bonds. The zero-order valence-electron chi connectivity index (χ0n) is 12.6. The SMILES string of the molecule is NCC(=O)N(CC(N)=O)c1ccc(Br)cc1C(=O)c1ccccn1. The Morgan fingerprint density at radius 1 is 1.17 bits per heavy atom. The fourth-order valence-corrected chi connectivity index (χ4v) is 2.50. The molecule has 0 saturated heterocycles. The summed E-state index contributed by atoms with van der Waals surface area (Å²) in [6.07, 6.45) is 1.50. The first kappa shape index (κ1) is 17.8. The van der Waals surface area contributed by atoms with Gasteiger partial charge in [0.25, 0.3) is 0 Å². The van der Waals surface area contributed by atoms with E-state index in [1.165, 1.54) is 6.20 Å². The van der Waals surface area contributed by atoms with Gasteiger partial charge >= 0.3 is 0 Å². The minimum atomic E-state index is -0.712. The van der Waals surface area contributed by atoms with E-state index in [4.69, 9.17) is 11.5 Å². The van der Waals surface area contributed by atoms with Crippen LogP contribution in [-0.4, -0.2) is 35.7 Å². The summed E-state index contributed by atoms with van der Waals surface area (Å²) in [6, 6.07) is 9.71. The fourth-order valence-electron chi connectivity index (χ4n) is 2.13. The van der Waals surface area contributed by atoms with Gasteiger partial charge in [0.15, 0.2) is 0 Å². The van der Waals surface area contributed by atoms with Crippen molar-refractivity contribution in [3.63, 3.8) is 0 Å². The van der Waals surface area contributed by atoms with E-state index >= 15 is 0 Å². The summed E-state index contributed by atoms with van der Waals surface area (Å²) in [5.41, 5.74) is 11.3. The third-order valence-electron chi connectivity index (χ3n) is 3.18. The van der Waals surface area contributed by atoms with Crippen LogP contribution in [0, 0.1) is 0 Å². The lowest BCUT2D eigenvalue weighted by Crippen LogP contribution is -2.42. The van der Waals surface area contributed by atoms with Crippen LogP contribution in [0.1, 0.15) is 16.1 Å². The third kappa shape index (κ3) is 4.03. The number of nitrogens with two attached hydrogens (primary N) is 2. The molecule has 1 aromatic heterocycles. The maximum absolute atomic E-state index is 12.8. The molecule has 0 fully saturated rings. The van der Waals surface area contributed by atoms with Crippen LogP contribution in [0.2, 0.25) is 0 Å². The van der Waals surface area contributed by atoms with Crippen LogP contribution < -0.4 is 16.4 Å². The lowest BCUT2D eigenvalue weighted by Gasteiger charge is -2.23. The van der Waals surface area contributed by atoms with E-state index in [2.05, 4.69) is 20.9 Å². The van der Waals surface area contributed by atoms with Crippen molar-refractivity contribution in [2.24, 2.45) is 11.5 Å². The van der Waals surface area contributed by atoms with E-state index in [1.807, 2.05) is 0 Å². The largest absolute Gasteiger partial charge is 0.368 e. The molecule has 4 N–H and O–H groups in total. The van der Waals surface area contributed by atoms with Crippen molar-refractivity contribution >= 4 is 39.2 Å². The summed E-state index contributed by atoms with van der Waals surface area (Å²) < 4.78 is 0.643. The summed E-state index contributed by atoms with van der Waals surface area (Å²) in [4.78, 5) is 41.3. The molecule has 0 radical (unpaired) electrons. The van der Waals surface area contributed by atoms with Gasteiger partial charge in [-0.25, -0.2) is 0 Å². The number of hydrogen-bond acceptors (Lipinski definition) is 5. The zero-order chi connectivity index (χ0) is 17.7. The highest BCUT2D eigenvalue weighted by molar-refractivity contribution is 9.10. The number of nitrogens with zero attached hydrogens (tertiary/aromatic N) is 2. The predicted octanol–water partition coefficient (Wildman–Crippen LogP) is 0.852. The van der Waals surface area contributed by atoms with E-state index in [0.717, 1.165) is 4.90 Å². The number of aromatic nitrogens is 1. The van der Waals surface area contributed by atoms with Crippen molar-refractivity contribution in [3.05, 3.63) is 58.3 Å². The smallest absolute Gasteiger partial charge is 0.241 e. The Bertz CT molecular complexity index is 780. The molecular formula is C16H15BrN4O3. The molecule has 0 saturated carbocycles. The number of anilines is 1. The number of pyridine rings is 1. The standard InChI is InChI=1S/C16H15BrN4O3/c17-10-4-5-13(21(9-14(19)22)15(23)8-18)11(7-10)16(24)12-3-1-2-6-20-12/h1-7H,8-9,18H2,(H2,19,22). The van der Waals surface area contributed by atoms with E-state index in [-0.39, 0.29) is 35.8 Å². The van der Waals surface area contributed by atoms with Crippen LogP contribution in [0.3, 0.4) is 0 Å². The number of ketones is 1. The molecule has 0 aliphatic heterocycles. The first-order valence-electron chi connectivity index (χ1n) is 6.98. The van der Waals surface area contributed by atoms with Crippen molar-refractivity contribution in [1.82, 2.24) is 4.98 Å². The van der Waals surface area contributed by atoms with Crippen molar-refractivity contribution in [1.29, 1.82) is 0 Å². The van der Waals surface area contributed by atoms with Gasteiger partial charge in [0.05, 0.1) is 12.2 Å². The van der Waals surface area contributed by atoms with E-state index in [0.29, 0.717) is 4.47 Å². The summed E-state index contributed by atoms with van der Waals surface area (Å²) in [6.45, 7) is -0.694. The fraction of sp³-hybridized carbons (Fsp3) is 0.125. The third-order valence-corrected chi connectivity index (χ3v) is 3.67. The molecule has 0 unspecified atom stereocenters. The Kier molecular flexibility index (Phi) is 5.78. The van der Waals surface area contributed by atoms with Gasteiger partial charge in [-0.15, -0.1) is 0 Å². The van der Waals surface area contributed by atoms with Gasteiger partial charge in [-0.1, -0.05) is 22.0 Å². The second-order valence-corrected chi connectivity index (χ2v) is 5.77. The number of primary amides is 1. The number of halogens is 1. The van der Waals surface area contributed by atoms with Crippen LogP contribution in [0.15, 0.2) is 47.1 Å². The van der Waals surface area contributed by atoms with E-state index in [1.54, 1.807) is 36.4 Å². The van der Waals surface area contributed by atoms with Crippen molar-refractivity contribution < 1.29 is 14.4 Å². The summed E-state index contributed by atoms with van der Waals surface area (Å²) >= 11 is 3.30. The summed E-state index contributed by atoms with van der Waals surface area (Å²) in [5.74, 6) is -1.62. The molecule has 1 aromatic carbocycles. The number of carbonyl (C=O) groups is 3. The quantitative estimate of drug-likeness (QED) is 0.708. The molecule has 0 atom stereocenters. The Balaban J connectivity index is 2.55. The first-order chi connectivity index (χ1) is 11.4. The zero-order valence-corrected chi connectivity index (χ0v) is 14.2. The van der Waals surface area contributed by atoms with Gasteiger partial charge in [-0.3, -0.25) is 19.4 Å².